The number of hydrogen-bond acceptors (Lipinski definition) is 1. The van der Waals surface area contributed by atoms with E-state index in [1.165, 1.54) is 0 Å². The molecular weight excluding hydrogens is 857 g/mol. The summed E-state index contributed by atoms with van der Waals surface area (Å²) in [6, 6.07) is 0. The third kappa shape index (κ3) is 1.17. The van der Waals surface area contributed by atoms with Gasteiger partial charge in [-0.25, -0.2) is 0 Å². The molecule has 71 heavy (non-hydrogen) atoms. The third-order valence-electron chi connectivity index (χ3n) is 27.2. The summed E-state index contributed by atoms with van der Waals surface area (Å²) in [5.41, 5.74) is 5.46. The number of rotatable bonds is 0. The standard InChI is InChI=1S/C70O/c71-69-65-57-49-39-29-22-13-7-1-2-4-6-5-3(1)9-16-11(5)20-21-12(6)17-10(4)19-15(8(2)13)24-30(22)40(39)50-44-34(24)26(19)36-28(17)38-32(21)42-41-31(20)37-27(16)35-25-18(9)14(7)23(29)33(25)43(49)53-47(35)55-45(37)51(41)59-60-52(42)46(38)56-48(36)54(44)62(66(69)58(50)57)64(56)68(60)70(69,71)67(59)63(55)61(53)65. The highest BCUT2D eigenvalue weighted by atomic mass is 16.6. The quantitative estimate of drug-likeness (QED) is 0.0841. The van der Waals surface area contributed by atoms with Gasteiger partial charge in [-0.15, -0.1) is 0 Å². The average Bonchev–Trinajstić information content (AvgIpc) is 4.42. The Hall–Kier alpha value is -8.88. The van der Waals surface area contributed by atoms with E-state index in [0.29, 0.717) is 0 Å². The van der Waals surface area contributed by atoms with Crippen molar-refractivity contribution < 1.29 is 4.74 Å². The molecule has 1 aliphatic heterocycles. The zero-order valence-electron chi connectivity index (χ0n) is 35.4. The normalized spacial score (nSPS) is 23.0. The Kier molecular flexibility index (Phi) is 1.73. The fourth-order valence-corrected chi connectivity index (χ4v) is 27.3. The minimum absolute atomic E-state index is 0.493. The van der Waals surface area contributed by atoms with E-state index >= 15 is 0 Å². The van der Waals surface area contributed by atoms with Gasteiger partial charge < -0.3 is 4.74 Å². The summed E-state index contributed by atoms with van der Waals surface area (Å²) < 4.78 is 8.46. The Bertz CT molecular complexity index is 8090. The molecule has 0 bridgehead atoms. The monoisotopic (exact) mass is 856 g/mol. The van der Waals surface area contributed by atoms with Gasteiger partial charge in [-0.05, 0) is 345 Å². The van der Waals surface area contributed by atoms with E-state index in [0.717, 1.165) is 0 Å². The molecule has 4 aliphatic carbocycles. The van der Waals surface area contributed by atoms with Gasteiger partial charge in [-0.2, -0.15) is 0 Å². The van der Waals surface area contributed by atoms with Gasteiger partial charge >= 0.3 is 0 Å². The molecule has 1 heterocycles. The van der Waals surface area contributed by atoms with E-state index in [1.54, 1.807) is 367 Å². The van der Waals surface area contributed by atoms with Crippen LogP contribution in [0.15, 0.2) is 0 Å². The lowest BCUT2D eigenvalue weighted by Crippen LogP contribution is -2.27. The third-order valence-corrected chi connectivity index (χ3v) is 27.2. The molecule has 0 N–H and O–H groups in total. The van der Waals surface area contributed by atoms with Crippen molar-refractivity contribution in [2.24, 2.45) is 0 Å². The second-order valence-electron chi connectivity index (χ2n) is 27.0. The van der Waals surface area contributed by atoms with Gasteiger partial charge in [-0.1, -0.05) is 0 Å². The smallest absolute Gasteiger partial charge is 0.160 e. The molecule has 0 unspecified atom stereocenters. The van der Waals surface area contributed by atoms with Crippen LogP contribution < -0.4 is 0 Å². The first-order valence-corrected chi connectivity index (χ1v) is 26.7. The first-order chi connectivity index (χ1) is 35.4. The Morgan fingerprint density at radius 3 is 0.254 bits per heavy atom. The Labute approximate surface area is 380 Å². The second-order valence-corrected chi connectivity index (χ2v) is 27.0. The van der Waals surface area contributed by atoms with Gasteiger partial charge in [0.25, 0.3) is 0 Å². The highest BCUT2D eigenvalue weighted by Crippen LogP contribution is 2.89. The van der Waals surface area contributed by atoms with Gasteiger partial charge in [0, 0.05) is 22.3 Å². The van der Waals surface area contributed by atoms with E-state index in [-0.39, 0.29) is 0 Å². The minimum atomic E-state index is -0.497. The maximum absolute atomic E-state index is 8.46. The number of hydrogen-bond donors (Lipinski definition) is 0. The minimum Gasteiger partial charge on any atom is -0.342 e. The van der Waals surface area contributed by atoms with Crippen LogP contribution in [0, 0.1) is 0 Å². The molecule has 0 atom stereocenters. The molecule has 0 amide bonds. The zero-order chi connectivity index (χ0) is 41.0. The van der Waals surface area contributed by atoms with Gasteiger partial charge in [0.2, 0.25) is 0 Å². The predicted molar refractivity (Wildman–Crippen MR) is 298 cm³/mol. The van der Waals surface area contributed by atoms with E-state index in [1.807, 2.05) is 0 Å². The van der Waals surface area contributed by atoms with Crippen molar-refractivity contribution in [1.82, 2.24) is 0 Å². The van der Waals surface area contributed by atoms with Gasteiger partial charge in [0.05, 0.1) is 0 Å². The van der Waals surface area contributed by atoms with Crippen LogP contribution in [0.1, 0.15) is 22.3 Å². The van der Waals surface area contributed by atoms with E-state index in [9.17, 15) is 0 Å². The summed E-state index contributed by atoms with van der Waals surface area (Å²) in [5.74, 6) is 0. The molecule has 1 saturated heterocycles. The average molecular weight is 857 g/mol. The molecule has 2 spiro atoms. The van der Waals surface area contributed by atoms with Crippen molar-refractivity contribution >= 4 is 345 Å². The van der Waals surface area contributed by atoms with Crippen molar-refractivity contribution in [3.63, 3.8) is 0 Å². The Morgan fingerprint density at radius 2 is 0.169 bits per heavy atom. The topological polar surface area (TPSA) is 12.5 Å². The first kappa shape index (κ1) is 24.1. The second kappa shape index (κ2) is 5.10. The molecular formula is C70O. The van der Waals surface area contributed by atoms with E-state index in [4.69, 9.17) is 4.74 Å². The van der Waals surface area contributed by atoms with Gasteiger partial charge in [-0.3, -0.25) is 0 Å². The molecule has 1 heteroatoms. The molecule has 286 valence electrons. The Morgan fingerprint density at radius 1 is 0.0986 bits per heavy atom. The van der Waals surface area contributed by atoms with Crippen LogP contribution in [-0.4, -0.2) is 0 Å². The van der Waals surface area contributed by atoms with Crippen molar-refractivity contribution in [2.45, 2.75) is 11.2 Å². The largest absolute Gasteiger partial charge is 0.342 e. The molecule has 1 fully saturated rings. The number of epoxide rings is 1. The molecule has 1 nitrogen and oxygen atoms in total. The van der Waals surface area contributed by atoms with Crippen LogP contribution in [0.4, 0.5) is 0 Å². The van der Waals surface area contributed by atoms with Crippen molar-refractivity contribution in [2.75, 3.05) is 0 Å². The SMILES string of the molecule is O1C23c4c5c6c7c8c9c(c%10c%11c2c2c4c4c%12c5c5c6c6c8c8c%13c9c9c%10c%10c%11c%11c2c2c4c4c%14c%12c%12c5c5c6c8c6c8c%13c9c9c%10c%10c%11c%11c2c4c2c4c%14c%12c%12c5c6c5c6c8c9c8c%10c%11c2c(c86)c4c%125)C173. The van der Waals surface area contributed by atoms with E-state index in [2.05, 4.69) is 0 Å². The maximum Gasteiger partial charge on any atom is 0.160 e. The lowest BCUT2D eigenvalue weighted by Gasteiger charge is -2.28. The van der Waals surface area contributed by atoms with Crippen LogP contribution >= 0.6 is 0 Å². The molecule has 33 aromatic carbocycles. The molecule has 33 aromatic rings. The summed E-state index contributed by atoms with van der Waals surface area (Å²) in [6.45, 7) is 0. The van der Waals surface area contributed by atoms with Crippen LogP contribution in [0.3, 0.4) is 0 Å². The summed E-state index contributed by atoms with van der Waals surface area (Å²) in [5, 5.41) is 105. The lowest BCUT2D eigenvalue weighted by atomic mass is 9.68. The predicted octanol–water partition coefficient (Wildman–Crippen LogP) is 19.2. The summed E-state index contributed by atoms with van der Waals surface area (Å²) in [7, 11) is 0. The van der Waals surface area contributed by atoms with Crippen molar-refractivity contribution in [3.05, 3.63) is 22.3 Å². The van der Waals surface area contributed by atoms with Crippen molar-refractivity contribution in [1.29, 1.82) is 0 Å². The fourth-order valence-electron chi connectivity index (χ4n) is 27.3. The summed E-state index contributed by atoms with van der Waals surface area (Å²) in [4.78, 5) is 0. The van der Waals surface area contributed by atoms with Crippen LogP contribution in [0.5, 0.6) is 0 Å². The summed E-state index contributed by atoms with van der Waals surface area (Å²) in [6.07, 6.45) is 0. The highest BCUT2D eigenvalue weighted by molar-refractivity contribution is 6.83. The van der Waals surface area contributed by atoms with E-state index < -0.39 is 11.2 Å². The first-order valence-electron chi connectivity index (χ1n) is 26.7. The number of benzene rings is 23. The number of ether oxygens (including phenoxy) is 1. The maximum atomic E-state index is 8.46. The Balaban J connectivity index is 1.23. The van der Waals surface area contributed by atoms with Crippen LogP contribution in [0.25, 0.3) is 345 Å². The molecule has 0 saturated carbocycles. The van der Waals surface area contributed by atoms with Gasteiger partial charge in [0.1, 0.15) is 0 Å². The molecule has 0 radical (unpaired) electrons. The summed E-state index contributed by atoms with van der Waals surface area (Å²) >= 11 is 0. The molecule has 0 aromatic heterocycles. The fraction of sp³-hybridized carbons (Fsp3) is 0.0286. The highest BCUT2D eigenvalue weighted by Gasteiger charge is 2.83. The molecule has 5 aliphatic rings. The van der Waals surface area contributed by atoms with Gasteiger partial charge in [0.15, 0.2) is 11.2 Å². The van der Waals surface area contributed by atoms with Crippen LogP contribution in [0.2, 0.25) is 0 Å². The van der Waals surface area contributed by atoms with Crippen molar-refractivity contribution in [3.8, 4) is 0 Å². The molecule has 38 rings (SSSR count). The lowest BCUT2D eigenvalue weighted by molar-refractivity contribution is 0.310. The van der Waals surface area contributed by atoms with Crippen LogP contribution in [-0.2, 0) is 15.9 Å². The zero-order valence-corrected chi connectivity index (χ0v) is 35.4.